The van der Waals surface area contributed by atoms with Crippen LogP contribution in [0, 0.1) is 5.82 Å². The lowest BCUT2D eigenvalue weighted by Crippen LogP contribution is -2.06. The minimum absolute atomic E-state index is 0.0681. The third-order valence-corrected chi connectivity index (χ3v) is 4.17. The van der Waals surface area contributed by atoms with Crippen molar-refractivity contribution in [3.63, 3.8) is 0 Å². The van der Waals surface area contributed by atoms with Crippen LogP contribution in [0.5, 0.6) is 5.88 Å². The van der Waals surface area contributed by atoms with E-state index in [-0.39, 0.29) is 10.6 Å². The van der Waals surface area contributed by atoms with E-state index in [4.69, 9.17) is 4.74 Å². The quantitative estimate of drug-likeness (QED) is 0.806. The molecule has 19 heavy (non-hydrogen) atoms. The molecular formula is C13H12FNO3S. The molecule has 0 saturated heterocycles. The maximum Gasteiger partial charge on any atom is 0.213 e. The second kappa shape index (κ2) is 5.36. The summed E-state index contributed by atoms with van der Waals surface area (Å²) in [6, 6.07) is 9.62. The predicted molar refractivity (Wildman–Crippen MR) is 68.1 cm³/mol. The van der Waals surface area contributed by atoms with Gasteiger partial charge >= 0.3 is 0 Å². The van der Waals surface area contributed by atoms with Crippen molar-refractivity contribution in [2.45, 2.75) is 10.6 Å². The van der Waals surface area contributed by atoms with Crippen molar-refractivity contribution in [1.82, 2.24) is 4.98 Å². The third kappa shape index (κ3) is 3.29. The number of hydrogen-bond acceptors (Lipinski definition) is 4. The normalized spacial score (nSPS) is 11.3. The molecule has 6 heteroatoms. The van der Waals surface area contributed by atoms with Crippen LogP contribution in [0.1, 0.15) is 5.69 Å². The van der Waals surface area contributed by atoms with Gasteiger partial charge in [0.1, 0.15) is 5.82 Å². The van der Waals surface area contributed by atoms with Crippen molar-refractivity contribution in [2.24, 2.45) is 0 Å². The summed E-state index contributed by atoms with van der Waals surface area (Å²) in [5.74, 6) is -0.374. The Morgan fingerprint density at radius 3 is 2.47 bits per heavy atom. The first-order valence-electron chi connectivity index (χ1n) is 5.49. The molecule has 0 aliphatic carbocycles. The van der Waals surface area contributed by atoms with Crippen LogP contribution < -0.4 is 4.74 Å². The van der Waals surface area contributed by atoms with Crippen molar-refractivity contribution in [1.29, 1.82) is 0 Å². The highest BCUT2D eigenvalue weighted by Crippen LogP contribution is 2.17. The summed E-state index contributed by atoms with van der Waals surface area (Å²) < 4.78 is 41.9. The molecule has 0 spiro atoms. The van der Waals surface area contributed by atoms with E-state index in [0.29, 0.717) is 11.6 Å². The first-order chi connectivity index (χ1) is 9.01. The molecule has 1 aromatic carbocycles. The van der Waals surface area contributed by atoms with Crippen LogP contribution >= 0.6 is 0 Å². The monoisotopic (exact) mass is 281 g/mol. The van der Waals surface area contributed by atoms with Gasteiger partial charge in [0.25, 0.3) is 0 Å². The van der Waals surface area contributed by atoms with Gasteiger partial charge in [-0.1, -0.05) is 6.07 Å². The molecule has 4 nitrogen and oxygen atoms in total. The molecule has 100 valence electrons. The summed E-state index contributed by atoms with van der Waals surface area (Å²) in [6.45, 7) is 0. The Bertz CT molecular complexity index is 669. The molecule has 0 atom stereocenters. The SMILES string of the molecule is COc1cccc(CS(=O)(=O)c2ccc(F)cc2)n1. The average Bonchev–Trinajstić information content (AvgIpc) is 2.39. The van der Waals surface area contributed by atoms with E-state index in [2.05, 4.69) is 4.98 Å². The number of nitrogens with zero attached hydrogens (tertiary/aromatic N) is 1. The molecule has 2 rings (SSSR count). The minimum Gasteiger partial charge on any atom is -0.481 e. The number of hydrogen-bond donors (Lipinski definition) is 0. The molecule has 0 bridgehead atoms. The van der Waals surface area contributed by atoms with Gasteiger partial charge in [0.2, 0.25) is 5.88 Å². The highest BCUT2D eigenvalue weighted by molar-refractivity contribution is 7.90. The molecule has 2 aromatic rings. The van der Waals surface area contributed by atoms with Crippen LogP contribution in [-0.2, 0) is 15.6 Å². The van der Waals surface area contributed by atoms with Gasteiger partial charge in [-0.25, -0.2) is 17.8 Å². The van der Waals surface area contributed by atoms with E-state index in [9.17, 15) is 12.8 Å². The number of methoxy groups -OCH3 is 1. The number of aromatic nitrogens is 1. The summed E-state index contributed by atoms with van der Waals surface area (Å²) in [5, 5.41) is 0. The van der Waals surface area contributed by atoms with Gasteiger partial charge in [-0.05, 0) is 30.3 Å². The summed E-state index contributed by atoms with van der Waals surface area (Å²) in [7, 11) is -2.08. The maximum absolute atomic E-state index is 12.8. The molecule has 0 fully saturated rings. The Hall–Kier alpha value is -1.95. The Labute approximate surface area is 110 Å². The number of ether oxygens (including phenoxy) is 1. The van der Waals surface area contributed by atoms with E-state index >= 15 is 0 Å². The fraction of sp³-hybridized carbons (Fsp3) is 0.154. The van der Waals surface area contributed by atoms with Crippen LogP contribution in [-0.4, -0.2) is 20.5 Å². The van der Waals surface area contributed by atoms with E-state index in [0.717, 1.165) is 12.1 Å². The van der Waals surface area contributed by atoms with Crippen molar-refractivity contribution in [3.05, 3.63) is 54.0 Å². The molecule has 0 saturated carbocycles. The number of halogens is 1. The van der Waals surface area contributed by atoms with E-state index in [1.54, 1.807) is 18.2 Å². The molecule has 0 aliphatic rings. The zero-order valence-electron chi connectivity index (χ0n) is 10.2. The first kappa shape index (κ1) is 13.5. The van der Waals surface area contributed by atoms with Crippen LogP contribution in [0.25, 0.3) is 0 Å². The summed E-state index contributed by atoms with van der Waals surface area (Å²) >= 11 is 0. The smallest absolute Gasteiger partial charge is 0.213 e. The largest absolute Gasteiger partial charge is 0.481 e. The lowest BCUT2D eigenvalue weighted by molar-refractivity contribution is 0.396. The lowest BCUT2D eigenvalue weighted by Gasteiger charge is -2.05. The van der Waals surface area contributed by atoms with E-state index in [1.807, 2.05) is 0 Å². The minimum atomic E-state index is -3.54. The molecule has 0 aliphatic heterocycles. The zero-order chi connectivity index (χ0) is 13.9. The Morgan fingerprint density at radius 2 is 1.84 bits per heavy atom. The number of benzene rings is 1. The van der Waals surface area contributed by atoms with Crippen LogP contribution in [0.2, 0.25) is 0 Å². The summed E-state index contributed by atoms with van der Waals surface area (Å²) in [4.78, 5) is 4.11. The van der Waals surface area contributed by atoms with E-state index < -0.39 is 15.7 Å². The van der Waals surface area contributed by atoms with Crippen molar-refractivity contribution in [3.8, 4) is 5.88 Å². The molecule has 1 aromatic heterocycles. The van der Waals surface area contributed by atoms with Gasteiger partial charge in [-0.2, -0.15) is 0 Å². The van der Waals surface area contributed by atoms with Crippen LogP contribution in [0.4, 0.5) is 4.39 Å². The molecular weight excluding hydrogens is 269 g/mol. The van der Waals surface area contributed by atoms with Crippen molar-refractivity contribution >= 4 is 9.84 Å². The summed E-state index contributed by atoms with van der Waals surface area (Å²) in [6.07, 6.45) is 0. The first-order valence-corrected chi connectivity index (χ1v) is 7.15. The molecule has 0 N–H and O–H groups in total. The van der Waals surface area contributed by atoms with Gasteiger partial charge in [-0.15, -0.1) is 0 Å². The third-order valence-electron chi connectivity index (χ3n) is 2.50. The Morgan fingerprint density at radius 1 is 1.16 bits per heavy atom. The van der Waals surface area contributed by atoms with Gasteiger partial charge in [0, 0.05) is 6.07 Å². The predicted octanol–water partition coefficient (Wildman–Crippen LogP) is 2.20. The van der Waals surface area contributed by atoms with Gasteiger partial charge < -0.3 is 4.74 Å². The topological polar surface area (TPSA) is 56.3 Å². The lowest BCUT2D eigenvalue weighted by atomic mass is 10.3. The number of pyridine rings is 1. The van der Waals surface area contributed by atoms with Crippen molar-refractivity contribution in [2.75, 3.05) is 7.11 Å². The molecule has 0 amide bonds. The average molecular weight is 281 g/mol. The van der Waals surface area contributed by atoms with Gasteiger partial charge in [0.15, 0.2) is 9.84 Å². The summed E-state index contributed by atoms with van der Waals surface area (Å²) in [5.41, 5.74) is 0.378. The van der Waals surface area contributed by atoms with Crippen LogP contribution in [0.3, 0.4) is 0 Å². The number of rotatable bonds is 4. The Balaban J connectivity index is 2.28. The Kier molecular flexibility index (Phi) is 3.80. The second-order valence-electron chi connectivity index (χ2n) is 3.88. The second-order valence-corrected chi connectivity index (χ2v) is 5.87. The molecule has 1 heterocycles. The fourth-order valence-corrected chi connectivity index (χ4v) is 2.84. The molecule has 0 radical (unpaired) electrons. The van der Waals surface area contributed by atoms with E-state index in [1.165, 1.54) is 19.2 Å². The molecule has 0 unspecified atom stereocenters. The zero-order valence-corrected chi connectivity index (χ0v) is 11.0. The standard InChI is InChI=1S/C13H12FNO3S/c1-18-13-4-2-3-11(15-13)9-19(16,17)12-7-5-10(14)6-8-12/h2-8H,9H2,1H3. The van der Waals surface area contributed by atoms with Crippen molar-refractivity contribution < 1.29 is 17.5 Å². The fourth-order valence-electron chi connectivity index (χ4n) is 1.57. The maximum atomic E-state index is 12.8. The highest BCUT2D eigenvalue weighted by Gasteiger charge is 2.16. The van der Waals surface area contributed by atoms with Gasteiger partial charge in [0.05, 0.1) is 23.5 Å². The van der Waals surface area contributed by atoms with Gasteiger partial charge in [-0.3, -0.25) is 0 Å². The highest BCUT2D eigenvalue weighted by atomic mass is 32.2. The van der Waals surface area contributed by atoms with Crippen LogP contribution in [0.15, 0.2) is 47.4 Å². The number of sulfone groups is 1.